The highest BCUT2D eigenvalue weighted by Gasteiger charge is 2.20. The number of halogens is 1. The van der Waals surface area contributed by atoms with Crippen LogP contribution >= 0.6 is 22.6 Å². The molecule has 3 nitrogen and oxygen atoms in total. The highest BCUT2D eigenvalue weighted by atomic mass is 127. The van der Waals surface area contributed by atoms with Crippen molar-refractivity contribution < 1.29 is 4.79 Å². The molecule has 1 unspecified atom stereocenters. The molecule has 1 N–H and O–H groups in total. The molecular formula is C14H19IN2O. The maximum atomic E-state index is 12.1. The summed E-state index contributed by atoms with van der Waals surface area (Å²) in [5.74, 6) is 0.0503. The number of likely N-dealkylation sites (tertiary alicyclic amines) is 1. The minimum atomic E-state index is 0.0503. The Morgan fingerprint density at radius 2 is 2.17 bits per heavy atom. The van der Waals surface area contributed by atoms with Gasteiger partial charge in [0, 0.05) is 21.7 Å². The fraction of sp³-hybridized carbons (Fsp3) is 0.500. The van der Waals surface area contributed by atoms with Crippen LogP contribution in [0.5, 0.6) is 0 Å². The summed E-state index contributed by atoms with van der Waals surface area (Å²) in [5.41, 5.74) is 0.754. The first-order chi connectivity index (χ1) is 8.69. The molecular weight excluding hydrogens is 339 g/mol. The van der Waals surface area contributed by atoms with E-state index in [2.05, 4.69) is 39.7 Å². The van der Waals surface area contributed by atoms with Crippen molar-refractivity contribution in [1.29, 1.82) is 0 Å². The number of carbonyl (C=O) groups is 1. The number of piperidine rings is 1. The van der Waals surface area contributed by atoms with Gasteiger partial charge in [0.25, 0.3) is 5.91 Å². The summed E-state index contributed by atoms with van der Waals surface area (Å²) in [6.45, 7) is 5.37. The first-order valence-electron chi connectivity index (χ1n) is 6.48. The fourth-order valence-corrected chi connectivity index (χ4v) is 2.69. The number of likely N-dealkylation sites (N-methyl/N-ethyl adjacent to an activating group) is 1. The molecule has 18 heavy (non-hydrogen) atoms. The molecule has 98 valence electrons. The zero-order chi connectivity index (χ0) is 13.0. The minimum Gasteiger partial charge on any atom is -0.348 e. The molecule has 2 rings (SSSR count). The Morgan fingerprint density at radius 3 is 2.83 bits per heavy atom. The third-order valence-corrected chi connectivity index (χ3v) is 4.11. The van der Waals surface area contributed by atoms with Crippen molar-refractivity contribution in [3.05, 3.63) is 33.4 Å². The number of nitrogens with one attached hydrogen (secondary N) is 1. The minimum absolute atomic E-state index is 0.0503. The Balaban J connectivity index is 1.92. The molecule has 1 aliphatic heterocycles. The zero-order valence-corrected chi connectivity index (χ0v) is 12.8. The lowest BCUT2D eigenvalue weighted by atomic mass is 10.1. The Morgan fingerprint density at radius 1 is 1.44 bits per heavy atom. The molecule has 0 aliphatic carbocycles. The Hall–Kier alpha value is -0.620. The second-order valence-corrected chi connectivity index (χ2v) is 5.96. The molecule has 1 aromatic rings. The molecule has 1 amide bonds. The molecule has 1 aromatic carbocycles. The number of benzene rings is 1. The zero-order valence-electron chi connectivity index (χ0n) is 10.7. The molecule has 1 aliphatic rings. The monoisotopic (exact) mass is 358 g/mol. The van der Waals surface area contributed by atoms with E-state index in [0.29, 0.717) is 6.04 Å². The lowest BCUT2D eigenvalue weighted by molar-refractivity contribution is 0.0906. The van der Waals surface area contributed by atoms with Crippen LogP contribution in [0.25, 0.3) is 0 Å². The van der Waals surface area contributed by atoms with Gasteiger partial charge in [0.05, 0.1) is 0 Å². The van der Waals surface area contributed by atoms with Gasteiger partial charge in [0.15, 0.2) is 0 Å². The lowest BCUT2D eigenvalue weighted by Crippen LogP contribution is -2.47. The van der Waals surface area contributed by atoms with Crippen molar-refractivity contribution in [2.45, 2.75) is 25.8 Å². The Bertz CT molecular complexity index is 405. The van der Waals surface area contributed by atoms with Gasteiger partial charge >= 0.3 is 0 Å². The molecule has 0 spiro atoms. The molecule has 1 atom stereocenters. The molecule has 4 heteroatoms. The highest BCUT2D eigenvalue weighted by molar-refractivity contribution is 14.1. The van der Waals surface area contributed by atoms with Crippen LogP contribution in [0.1, 0.15) is 30.1 Å². The van der Waals surface area contributed by atoms with Gasteiger partial charge in [-0.05, 0) is 72.8 Å². The SMILES string of the molecule is CCN1CCCC(NC(=O)c2ccc(I)cc2)C1. The van der Waals surface area contributed by atoms with Crippen LogP contribution in [0.15, 0.2) is 24.3 Å². The number of amides is 1. The largest absolute Gasteiger partial charge is 0.348 e. The van der Waals surface area contributed by atoms with Crippen molar-refractivity contribution in [2.75, 3.05) is 19.6 Å². The summed E-state index contributed by atoms with van der Waals surface area (Å²) in [5, 5.41) is 3.14. The van der Waals surface area contributed by atoms with Gasteiger partial charge in [-0.2, -0.15) is 0 Å². The summed E-state index contributed by atoms with van der Waals surface area (Å²) < 4.78 is 1.15. The quantitative estimate of drug-likeness (QED) is 0.843. The number of hydrogen-bond acceptors (Lipinski definition) is 2. The van der Waals surface area contributed by atoms with Gasteiger partial charge < -0.3 is 10.2 Å². The molecule has 1 fully saturated rings. The van der Waals surface area contributed by atoms with Gasteiger partial charge in [-0.1, -0.05) is 6.92 Å². The molecule has 0 bridgehead atoms. The van der Waals surface area contributed by atoms with E-state index >= 15 is 0 Å². The average Bonchev–Trinajstić information content (AvgIpc) is 2.39. The summed E-state index contributed by atoms with van der Waals surface area (Å²) in [6.07, 6.45) is 2.26. The first kappa shape index (κ1) is 13.8. The molecule has 0 radical (unpaired) electrons. The van der Waals surface area contributed by atoms with Crippen molar-refractivity contribution in [2.24, 2.45) is 0 Å². The third kappa shape index (κ3) is 3.68. The van der Waals surface area contributed by atoms with Gasteiger partial charge in [0.1, 0.15) is 0 Å². The van der Waals surface area contributed by atoms with Crippen molar-refractivity contribution in [1.82, 2.24) is 10.2 Å². The summed E-state index contributed by atoms with van der Waals surface area (Å²) >= 11 is 2.24. The van der Waals surface area contributed by atoms with Gasteiger partial charge in [-0.25, -0.2) is 0 Å². The van der Waals surface area contributed by atoms with E-state index < -0.39 is 0 Å². The second kappa shape index (κ2) is 6.52. The van der Waals surface area contributed by atoms with E-state index in [4.69, 9.17) is 0 Å². The van der Waals surface area contributed by atoms with Crippen molar-refractivity contribution in [3.63, 3.8) is 0 Å². The fourth-order valence-electron chi connectivity index (χ4n) is 2.33. The highest BCUT2D eigenvalue weighted by Crippen LogP contribution is 2.11. The van der Waals surface area contributed by atoms with E-state index in [1.807, 2.05) is 24.3 Å². The predicted octanol–water partition coefficient (Wildman–Crippen LogP) is 2.51. The van der Waals surface area contributed by atoms with E-state index in [9.17, 15) is 4.79 Å². The van der Waals surface area contributed by atoms with Crippen LogP contribution in [-0.4, -0.2) is 36.5 Å². The maximum absolute atomic E-state index is 12.1. The molecule has 1 saturated heterocycles. The van der Waals surface area contributed by atoms with Gasteiger partial charge in [0.2, 0.25) is 0 Å². The smallest absolute Gasteiger partial charge is 0.251 e. The van der Waals surface area contributed by atoms with Crippen LogP contribution in [0.3, 0.4) is 0 Å². The third-order valence-electron chi connectivity index (χ3n) is 3.39. The van der Waals surface area contributed by atoms with Crippen LogP contribution in [0, 0.1) is 3.57 Å². The summed E-state index contributed by atoms with van der Waals surface area (Å²) in [7, 11) is 0. The molecule has 0 aromatic heterocycles. The van der Waals surface area contributed by atoms with Gasteiger partial charge in [-0.15, -0.1) is 0 Å². The van der Waals surface area contributed by atoms with Crippen LogP contribution < -0.4 is 5.32 Å². The van der Waals surface area contributed by atoms with Crippen LogP contribution in [0.4, 0.5) is 0 Å². The number of nitrogens with zero attached hydrogens (tertiary/aromatic N) is 1. The van der Waals surface area contributed by atoms with E-state index in [0.717, 1.165) is 35.2 Å². The molecule has 0 saturated carbocycles. The van der Waals surface area contributed by atoms with E-state index in [-0.39, 0.29) is 5.91 Å². The normalized spacial score (nSPS) is 20.7. The van der Waals surface area contributed by atoms with Gasteiger partial charge in [-0.3, -0.25) is 4.79 Å². The first-order valence-corrected chi connectivity index (χ1v) is 7.55. The number of hydrogen-bond donors (Lipinski definition) is 1. The lowest BCUT2D eigenvalue weighted by Gasteiger charge is -2.32. The second-order valence-electron chi connectivity index (χ2n) is 4.71. The van der Waals surface area contributed by atoms with Crippen LogP contribution in [-0.2, 0) is 0 Å². The summed E-state index contributed by atoms with van der Waals surface area (Å²) in [6, 6.07) is 8.00. The average molecular weight is 358 g/mol. The Labute approximate surface area is 122 Å². The molecule has 1 heterocycles. The summed E-state index contributed by atoms with van der Waals surface area (Å²) in [4.78, 5) is 14.5. The standard InChI is InChI=1S/C14H19IN2O/c1-2-17-9-3-4-13(10-17)16-14(18)11-5-7-12(15)8-6-11/h5-8,13H,2-4,9-10H2,1H3,(H,16,18). The van der Waals surface area contributed by atoms with E-state index in [1.165, 1.54) is 6.42 Å². The number of rotatable bonds is 3. The van der Waals surface area contributed by atoms with Crippen molar-refractivity contribution in [3.8, 4) is 0 Å². The predicted molar refractivity (Wildman–Crippen MR) is 81.8 cm³/mol. The number of carbonyl (C=O) groups excluding carboxylic acids is 1. The Kier molecular flexibility index (Phi) is 5.00. The van der Waals surface area contributed by atoms with E-state index in [1.54, 1.807) is 0 Å². The topological polar surface area (TPSA) is 32.3 Å². The van der Waals surface area contributed by atoms with Crippen molar-refractivity contribution >= 4 is 28.5 Å². The maximum Gasteiger partial charge on any atom is 0.251 e. The van der Waals surface area contributed by atoms with Crippen LogP contribution in [0.2, 0.25) is 0 Å².